The maximum Gasteiger partial charge on any atom is 0.371 e. The molecule has 2 N–H and O–H groups in total. The quantitative estimate of drug-likeness (QED) is 0.205. The molecule has 0 spiro atoms. The summed E-state index contributed by atoms with van der Waals surface area (Å²) >= 11 is 2.13. The highest BCUT2D eigenvalue weighted by Crippen LogP contribution is 2.29. The van der Waals surface area contributed by atoms with Gasteiger partial charge in [-0.3, -0.25) is 4.79 Å². The molecule has 0 aliphatic carbocycles. The standard InChI is InChI=1S/C23H21IN2O7/c1-2-30-21-11-15(7-9-19(21)31-13-16-8-10-20(33-16)23(28)29)12-25-26-22(27)14-32-18-6-4-3-5-17(18)24/h3-12H,2,13-14H2,1H3,(H,26,27)(H,28,29). The summed E-state index contributed by atoms with van der Waals surface area (Å²) < 4.78 is 22.9. The number of halogens is 1. The van der Waals surface area contributed by atoms with Crippen molar-refractivity contribution < 1.29 is 33.3 Å². The number of ether oxygens (including phenoxy) is 3. The van der Waals surface area contributed by atoms with Gasteiger partial charge >= 0.3 is 5.97 Å². The number of hydrogen-bond donors (Lipinski definition) is 2. The Labute approximate surface area is 203 Å². The van der Waals surface area contributed by atoms with Gasteiger partial charge in [-0.25, -0.2) is 10.2 Å². The third-order valence-electron chi connectivity index (χ3n) is 4.11. The smallest absolute Gasteiger partial charge is 0.371 e. The van der Waals surface area contributed by atoms with Gasteiger partial charge in [0.05, 0.1) is 16.4 Å². The van der Waals surface area contributed by atoms with Gasteiger partial charge in [0.15, 0.2) is 18.1 Å². The van der Waals surface area contributed by atoms with Gasteiger partial charge in [0, 0.05) is 0 Å². The third-order valence-corrected chi connectivity index (χ3v) is 5.00. The molecular formula is C23H21IN2O7. The Hall–Kier alpha value is -3.54. The second-order valence-electron chi connectivity index (χ2n) is 6.51. The lowest BCUT2D eigenvalue weighted by atomic mass is 10.2. The fourth-order valence-corrected chi connectivity index (χ4v) is 3.17. The number of carbonyl (C=O) groups excluding carboxylic acids is 1. The first kappa shape index (κ1) is 24.1. The van der Waals surface area contributed by atoms with E-state index in [9.17, 15) is 9.59 Å². The molecule has 0 fully saturated rings. The summed E-state index contributed by atoms with van der Waals surface area (Å²) in [4.78, 5) is 22.9. The highest BCUT2D eigenvalue weighted by Gasteiger charge is 2.11. The Morgan fingerprint density at radius 1 is 1.06 bits per heavy atom. The van der Waals surface area contributed by atoms with Gasteiger partial charge in [-0.15, -0.1) is 0 Å². The van der Waals surface area contributed by atoms with E-state index in [0.29, 0.717) is 35.2 Å². The van der Waals surface area contributed by atoms with Crippen LogP contribution >= 0.6 is 22.6 Å². The minimum Gasteiger partial charge on any atom is -0.490 e. The van der Waals surface area contributed by atoms with Crippen LogP contribution in [0.5, 0.6) is 17.2 Å². The molecule has 0 saturated heterocycles. The summed E-state index contributed by atoms with van der Waals surface area (Å²) in [6.45, 7) is 2.12. The van der Waals surface area contributed by atoms with Crippen LogP contribution < -0.4 is 19.6 Å². The summed E-state index contributed by atoms with van der Waals surface area (Å²) in [5, 5.41) is 12.9. The van der Waals surface area contributed by atoms with Gasteiger partial charge in [0.1, 0.15) is 18.1 Å². The molecule has 0 bridgehead atoms. The minimum absolute atomic E-state index is 0.0389. The molecule has 10 heteroatoms. The summed E-state index contributed by atoms with van der Waals surface area (Å²) in [5.74, 6) is 0.232. The van der Waals surface area contributed by atoms with E-state index in [0.717, 1.165) is 3.57 Å². The van der Waals surface area contributed by atoms with E-state index in [1.807, 2.05) is 25.1 Å². The Morgan fingerprint density at radius 2 is 1.88 bits per heavy atom. The fraction of sp³-hybridized carbons (Fsp3) is 0.174. The van der Waals surface area contributed by atoms with Crippen LogP contribution in [0.3, 0.4) is 0 Å². The van der Waals surface area contributed by atoms with Crippen LogP contribution in [-0.2, 0) is 11.4 Å². The van der Waals surface area contributed by atoms with Crippen molar-refractivity contribution in [1.82, 2.24) is 5.43 Å². The number of rotatable bonds is 11. The number of aromatic carboxylic acids is 1. The van der Waals surface area contributed by atoms with Gasteiger partial charge in [-0.2, -0.15) is 5.10 Å². The molecule has 0 saturated carbocycles. The Balaban J connectivity index is 1.56. The zero-order chi connectivity index (χ0) is 23.6. The lowest BCUT2D eigenvalue weighted by molar-refractivity contribution is -0.123. The van der Waals surface area contributed by atoms with Gasteiger partial charge < -0.3 is 23.7 Å². The van der Waals surface area contributed by atoms with E-state index < -0.39 is 11.9 Å². The van der Waals surface area contributed by atoms with Crippen molar-refractivity contribution in [1.29, 1.82) is 0 Å². The number of nitrogens with zero attached hydrogens (tertiary/aromatic N) is 1. The fourth-order valence-electron chi connectivity index (χ4n) is 2.63. The van der Waals surface area contributed by atoms with Gasteiger partial charge in [0.25, 0.3) is 5.91 Å². The Morgan fingerprint density at radius 3 is 2.61 bits per heavy atom. The van der Waals surface area contributed by atoms with E-state index >= 15 is 0 Å². The SMILES string of the molecule is CCOc1cc(C=NNC(=O)COc2ccccc2I)ccc1OCc1ccc(C(=O)O)o1. The number of carboxylic acids is 1. The zero-order valence-corrected chi connectivity index (χ0v) is 19.8. The highest BCUT2D eigenvalue weighted by molar-refractivity contribution is 14.1. The predicted molar refractivity (Wildman–Crippen MR) is 128 cm³/mol. The van der Waals surface area contributed by atoms with Crippen molar-refractivity contribution in [3.63, 3.8) is 0 Å². The summed E-state index contributed by atoms with van der Waals surface area (Å²) in [6, 6.07) is 15.4. The average Bonchev–Trinajstić information content (AvgIpc) is 3.28. The maximum atomic E-state index is 12.0. The molecule has 172 valence electrons. The molecule has 0 radical (unpaired) electrons. The van der Waals surface area contributed by atoms with Crippen molar-refractivity contribution in [2.75, 3.05) is 13.2 Å². The summed E-state index contributed by atoms with van der Waals surface area (Å²) in [6.07, 6.45) is 1.47. The number of para-hydroxylation sites is 1. The number of carbonyl (C=O) groups is 2. The number of amides is 1. The van der Waals surface area contributed by atoms with E-state index in [1.54, 1.807) is 24.3 Å². The van der Waals surface area contributed by atoms with Gasteiger partial charge in [0.2, 0.25) is 5.76 Å². The van der Waals surface area contributed by atoms with Gasteiger partial charge in [-0.05, 0) is 77.5 Å². The first-order chi connectivity index (χ1) is 16.0. The van der Waals surface area contributed by atoms with Crippen molar-refractivity contribution in [2.24, 2.45) is 5.10 Å². The van der Waals surface area contributed by atoms with Crippen molar-refractivity contribution in [2.45, 2.75) is 13.5 Å². The number of nitrogens with one attached hydrogen (secondary N) is 1. The first-order valence-electron chi connectivity index (χ1n) is 9.87. The molecule has 1 amide bonds. The molecule has 1 aromatic heterocycles. The molecule has 2 aromatic carbocycles. The Bertz CT molecular complexity index is 1140. The van der Waals surface area contributed by atoms with E-state index in [1.165, 1.54) is 18.3 Å². The molecule has 0 aliphatic rings. The molecule has 3 rings (SSSR count). The van der Waals surface area contributed by atoms with Crippen LogP contribution in [-0.4, -0.2) is 36.4 Å². The van der Waals surface area contributed by atoms with Crippen LogP contribution in [0.15, 0.2) is 64.1 Å². The third kappa shape index (κ3) is 7.24. The number of benzene rings is 2. The van der Waals surface area contributed by atoms with E-state index in [4.69, 9.17) is 23.7 Å². The van der Waals surface area contributed by atoms with Crippen LogP contribution in [0.2, 0.25) is 0 Å². The van der Waals surface area contributed by atoms with Crippen LogP contribution in [0.25, 0.3) is 0 Å². The van der Waals surface area contributed by atoms with Crippen LogP contribution in [0.4, 0.5) is 0 Å². The molecule has 0 atom stereocenters. The molecule has 3 aromatic rings. The predicted octanol–water partition coefficient (Wildman–Crippen LogP) is 4.09. The highest BCUT2D eigenvalue weighted by atomic mass is 127. The first-order valence-corrected chi connectivity index (χ1v) is 10.9. The van der Waals surface area contributed by atoms with Crippen molar-refractivity contribution in [3.05, 3.63) is 75.3 Å². The summed E-state index contributed by atoms with van der Waals surface area (Å²) in [5.41, 5.74) is 3.09. The molecule has 9 nitrogen and oxygen atoms in total. The normalized spacial score (nSPS) is 10.7. The second kappa shape index (κ2) is 11.9. The molecule has 0 aliphatic heterocycles. The van der Waals surface area contributed by atoms with E-state index in [2.05, 4.69) is 33.1 Å². The number of carboxylic acid groups (broad SMARTS) is 1. The van der Waals surface area contributed by atoms with Crippen LogP contribution in [0.1, 0.15) is 28.8 Å². The largest absolute Gasteiger partial charge is 0.490 e. The number of furan rings is 1. The summed E-state index contributed by atoms with van der Waals surface area (Å²) in [7, 11) is 0. The van der Waals surface area contributed by atoms with Gasteiger partial charge in [-0.1, -0.05) is 12.1 Å². The minimum atomic E-state index is -1.15. The number of hydrogen-bond acceptors (Lipinski definition) is 7. The maximum absolute atomic E-state index is 12.0. The topological polar surface area (TPSA) is 120 Å². The molecule has 1 heterocycles. The Kier molecular flexibility index (Phi) is 8.70. The van der Waals surface area contributed by atoms with Crippen molar-refractivity contribution >= 4 is 40.7 Å². The van der Waals surface area contributed by atoms with E-state index in [-0.39, 0.29) is 19.0 Å². The number of hydrazone groups is 1. The molecule has 33 heavy (non-hydrogen) atoms. The zero-order valence-electron chi connectivity index (χ0n) is 17.6. The molecular weight excluding hydrogens is 543 g/mol. The second-order valence-corrected chi connectivity index (χ2v) is 7.67. The van der Waals surface area contributed by atoms with Crippen molar-refractivity contribution in [3.8, 4) is 17.2 Å². The monoisotopic (exact) mass is 564 g/mol. The molecule has 0 unspecified atom stereocenters. The average molecular weight is 564 g/mol. The van der Waals surface area contributed by atoms with Crippen LogP contribution in [0, 0.1) is 3.57 Å². The lowest BCUT2D eigenvalue weighted by Crippen LogP contribution is -2.24. The lowest BCUT2D eigenvalue weighted by Gasteiger charge is -2.11.